The van der Waals surface area contributed by atoms with E-state index in [1.807, 2.05) is 30.3 Å². The van der Waals surface area contributed by atoms with Gasteiger partial charge in [0.1, 0.15) is 6.04 Å². The fourth-order valence-electron chi connectivity index (χ4n) is 1.66. The molecule has 94 valence electrons. The molecule has 0 saturated heterocycles. The molecule has 1 unspecified atom stereocenters. The molecule has 2 N–H and O–H groups in total. The maximum Gasteiger partial charge on any atom is 0.357 e. The van der Waals surface area contributed by atoms with Gasteiger partial charge in [-0.1, -0.05) is 30.3 Å². The van der Waals surface area contributed by atoms with Gasteiger partial charge in [-0.05, 0) is 12.5 Å². The van der Waals surface area contributed by atoms with E-state index in [9.17, 15) is 9.59 Å². The Bertz CT molecular complexity index is 485. The highest BCUT2D eigenvalue weighted by molar-refractivity contribution is 6.39. The number of carbonyl (C=O) groups is 2. The Hall–Kier alpha value is -2.37. The average Bonchev–Trinajstić information content (AvgIpc) is 2.40. The minimum absolute atomic E-state index is 0.141. The molecule has 1 aromatic carbocycles. The molecule has 2 amide bonds. The lowest BCUT2D eigenvalue weighted by Crippen LogP contribution is -2.47. The minimum Gasteiger partial charge on any atom is -0.461 e. The summed E-state index contributed by atoms with van der Waals surface area (Å²) in [6, 6.07) is 8.10. The number of hydrogen-bond acceptors (Lipinski definition) is 4. The highest BCUT2D eigenvalue weighted by Gasteiger charge is 2.30. The van der Waals surface area contributed by atoms with Gasteiger partial charge in [-0.2, -0.15) is 5.10 Å². The van der Waals surface area contributed by atoms with Crippen molar-refractivity contribution in [1.29, 1.82) is 0 Å². The van der Waals surface area contributed by atoms with Crippen molar-refractivity contribution in [3.63, 3.8) is 0 Å². The van der Waals surface area contributed by atoms with Crippen LogP contribution in [0.2, 0.25) is 0 Å². The molecule has 1 aromatic rings. The highest BCUT2D eigenvalue weighted by atomic mass is 16.5. The van der Waals surface area contributed by atoms with Gasteiger partial charge in [0.2, 0.25) is 0 Å². The molecule has 1 aliphatic rings. The van der Waals surface area contributed by atoms with Crippen molar-refractivity contribution >= 4 is 17.7 Å². The third-order valence-corrected chi connectivity index (χ3v) is 2.44. The van der Waals surface area contributed by atoms with Crippen LogP contribution in [0.4, 0.5) is 4.79 Å². The number of urea groups is 1. The smallest absolute Gasteiger partial charge is 0.357 e. The van der Waals surface area contributed by atoms with Crippen LogP contribution in [0.1, 0.15) is 18.5 Å². The molecule has 0 bridgehead atoms. The average molecular weight is 247 g/mol. The van der Waals surface area contributed by atoms with E-state index in [-0.39, 0.29) is 12.3 Å². The molecule has 0 aromatic heterocycles. The predicted octanol–water partition coefficient (Wildman–Crippen LogP) is 0.960. The van der Waals surface area contributed by atoms with E-state index in [0.29, 0.717) is 0 Å². The van der Waals surface area contributed by atoms with Crippen molar-refractivity contribution < 1.29 is 14.3 Å². The lowest BCUT2D eigenvalue weighted by atomic mass is 10.0. The summed E-state index contributed by atoms with van der Waals surface area (Å²) in [5.74, 6) is -0.543. The molecule has 0 aliphatic carbocycles. The number of hydrogen-bond donors (Lipinski definition) is 2. The Labute approximate surface area is 104 Å². The number of benzene rings is 1. The molecule has 2 rings (SSSR count). The SMILES string of the molecule is CCOC(=O)C1=NNC(=O)NC1c1ccccc1. The minimum atomic E-state index is -0.584. The monoisotopic (exact) mass is 247 g/mol. The standard InChI is InChI=1S/C12H13N3O3/c1-2-18-11(16)10-9(13-12(17)15-14-10)8-6-4-3-5-7-8/h3-7,9H,2H2,1H3,(H2,13,15,17). The fraction of sp³-hybridized carbons (Fsp3) is 0.250. The molecule has 6 heteroatoms. The summed E-state index contributed by atoms with van der Waals surface area (Å²) in [5.41, 5.74) is 3.13. The van der Waals surface area contributed by atoms with Crippen LogP contribution < -0.4 is 10.7 Å². The number of nitrogens with zero attached hydrogens (tertiary/aromatic N) is 1. The normalized spacial score (nSPS) is 18.4. The number of carbonyl (C=O) groups excluding carboxylic acids is 2. The predicted molar refractivity (Wildman–Crippen MR) is 64.9 cm³/mol. The maximum atomic E-state index is 11.7. The van der Waals surface area contributed by atoms with Gasteiger partial charge in [0.05, 0.1) is 6.61 Å². The Kier molecular flexibility index (Phi) is 3.57. The van der Waals surface area contributed by atoms with Crippen molar-refractivity contribution in [1.82, 2.24) is 10.7 Å². The Morgan fingerprint density at radius 1 is 1.39 bits per heavy atom. The summed E-state index contributed by atoms with van der Waals surface area (Å²) >= 11 is 0. The Balaban J connectivity index is 2.30. The maximum absolute atomic E-state index is 11.7. The molecular formula is C12H13N3O3. The summed E-state index contributed by atoms with van der Waals surface area (Å²) in [7, 11) is 0. The van der Waals surface area contributed by atoms with Gasteiger partial charge < -0.3 is 10.1 Å². The zero-order valence-corrected chi connectivity index (χ0v) is 9.84. The van der Waals surface area contributed by atoms with E-state index in [0.717, 1.165) is 5.56 Å². The first-order valence-corrected chi connectivity index (χ1v) is 5.58. The summed E-state index contributed by atoms with van der Waals surface area (Å²) in [6.45, 7) is 1.97. The molecule has 0 radical (unpaired) electrons. The molecule has 0 spiro atoms. The second kappa shape index (κ2) is 5.31. The Morgan fingerprint density at radius 2 is 2.11 bits per heavy atom. The third kappa shape index (κ3) is 2.48. The number of amides is 2. The van der Waals surface area contributed by atoms with Gasteiger partial charge in [-0.3, -0.25) is 0 Å². The first-order chi connectivity index (χ1) is 8.72. The van der Waals surface area contributed by atoms with Crippen molar-refractivity contribution in [3.8, 4) is 0 Å². The number of hydrazone groups is 1. The van der Waals surface area contributed by atoms with Gasteiger partial charge in [0.25, 0.3) is 0 Å². The van der Waals surface area contributed by atoms with Gasteiger partial charge >= 0.3 is 12.0 Å². The second-order valence-electron chi connectivity index (χ2n) is 3.65. The molecule has 1 heterocycles. The van der Waals surface area contributed by atoms with Gasteiger partial charge in [-0.15, -0.1) is 0 Å². The molecule has 6 nitrogen and oxygen atoms in total. The molecule has 0 fully saturated rings. The van der Waals surface area contributed by atoms with E-state index < -0.39 is 18.0 Å². The molecule has 1 aliphatic heterocycles. The van der Waals surface area contributed by atoms with Crippen LogP contribution in [0.3, 0.4) is 0 Å². The summed E-state index contributed by atoms with van der Waals surface area (Å²) in [4.78, 5) is 23.0. The van der Waals surface area contributed by atoms with Crippen LogP contribution in [0.15, 0.2) is 35.4 Å². The summed E-state index contributed by atoms with van der Waals surface area (Å²) in [5, 5.41) is 6.41. The van der Waals surface area contributed by atoms with Gasteiger partial charge in [-0.25, -0.2) is 15.0 Å². The van der Waals surface area contributed by atoms with Crippen molar-refractivity contribution in [2.75, 3.05) is 6.61 Å². The van der Waals surface area contributed by atoms with Crippen LogP contribution >= 0.6 is 0 Å². The molecule has 1 atom stereocenters. The van der Waals surface area contributed by atoms with Gasteiger partial charge in [0, 0.05) is 0 Å². The second-order valence-corrected chi connectivity index (χ2v) is 3.65. The van der Waals surface area contributed by atoms with Crippen molar-refractivity contribution in [2.24, 2.45) is 5.10 Å². The van der Waals surface area contributed by atoms with E-state index in [4.69, 9.17) is 4.74 Å². The molecule has 0 saturated carbocycles. The number of esters is 1. The van der Waals surface area contributed by atoms with Crippen molar-refractivity contribution in [2.45, 2.75) is 13.0 Å². The Morgan fingerprint density at radius 3 is 2.78 bits per heavy atom. The van der Waals surface area contributed by atoms with Crippen LogP contribution in [0.25, 0.3) is 0 Å². The summed E-state index contributed by atoms with van der Waals surface area (Å²) in [6.07, 6.45) is 0. The number of ether oxygens (including phenoxy) is 1. The van der Waals surface area contributed by atoms with E-state index in [1.54, 1.807) is 6.92 Å². The lowest BCUT2D eigenvalue weighted by molar-refractivity contribution is -0.135. The number of rotatable bonds is 3. The topological polar surface area (TPSA) is 79.8 Å². The van der Waals surface area contributed by atoms with Crippen LogP contribution in [0.5, 0.6) is 0 Å². The van der Waals surface area contributed by atoms with E-state index in [1.165, 1.54) is 0 Å². The number of nitrogens with one attached hydrogen (secondary N) is 2. The third-order valence-electron chi connectivity index (χ3n) is 2.44. The zero-order valence-electron chi connectivity index (χ0n) is 9.84. The van der Waals surface area contributed by atoms with E-state index in [2.05, 4.69) is 15.8 Å². The lowest BCUT2D eigenvalue weighted by Gasteiger charge is -2.23. The van der Waals surface area contributed by atoms with Gasteiger partial charge in [0.15, 0.2) is 5.71 Å². The fourth-order valence-corrected chi connectivity index (χ4v) is 1.66. The van der Waals surface area contributed by atoms with E-state index >= 15 is 0 Å². The zero-order chi connectivity index (χ0) is 13.0. The van der Waals surface area contributed by atoms with Crippen molar-refractivity contribution in [3.05, 3.63) is 35.9 Å². The first kappa shape index (κ1) is 12.1. The van der Waals surface area contributed by atoms with Crippen LogP contribution in [-0.4, -0.2) is 24.3 Å². The van der Waals surface area contributed by atoms with Crippen LogP contribution in [0, 0.1) is 0 Å². The molecule has 18 heavy (non-hydrogen) atoms. The largest absolute Gasteiger partial charge is 0.461 e. The highest BCUT2D eigenvalue weighted by Crippen LogP contribution is 2.17. The quantitative estimate of drug-likeness (QED) is 0.781. The molecular weight excluding hydrogens is 234 g/mol. The first-order valence-electron chi connectivity index (χ1n) is 5.58. The summed E-state index contributed by atoms with van der Waals surface area (Å²) < 4.78 is 4.91. The van der Waals surface area contributed by atoms with Crippen LogP contribution in [-0.2, 0) is 9.53 Å².